The fraction of sp³-hybridized carbons (Fsp3) is 0.211. The van der Waals surface area contributed by atoms with Gasteiger partial charge in [-0.3, -0.25) is 4.79 Å². The van der Waals surface area contributed by atoms with Gasteiger partial charge in [0.2, 0.25) is 5.91 Å². The van der Waals surface area contributed by atoms with Crippen LogP contribution < -0.4 is 10.1 Å². The number of para-hydroxylation sites is 1. The van der Waals surface area contributed by atoms with E-state index in [-0.39, 0.29) is 12.3 Å². The monoisotopic (exact) mass is 396 g/mol. The maximum atomic E-state index is 12.7. The van der Waals surface area contributed by atoms with E-state index in [0.29, 0.717) is 40.4 Å². The molecular weight excluding hydrogens is 381 g/mol. The Bertz CT molecular complexity index is 954. The molecule has 0 unspecified atom stereocenters. The molecule has 3 rings (SSSR count). The van der Waals surface area contributed by atoms with Crippen molar-refractivity contribution in [3.63, 3.8) is 0 Å². The Balaban J connectivity index is 1.52. The molecule has 3 aromatic rings. The normalized spacial score (nSPS) is 11.6. The van der Waals surface area contributed by atoms with Crippen LogP contribution in [-0.4, -0.2) is 17.5 Å². The molecule has 0 atom stereocenters. The van der Waals surface area contributed by atoms with Gasteiger partial charge in [-0.05, 0) is 42.8 Å². The fourth-order valence-electron chi connectivity index (χ4n) is 2.56. The van der Waals surface area contributed by atoms with Crippen molar-refractivity contribution in [2.24, 2.45) is 0 Å². The molecule has 0 aliphatic carbocycles. The van der Waals surface area contributed by atoms with Gasteiger partial charge in [-0.2, -0.15) is 13.2 Å². The highest BCUT2D eigenvalue weighted by Gasteiger charge is 2.32. The van der Waals surface area contributed by atoms with E-state index in [1.54, 1.807) is 30.3 Å². The van der Waals surface area contributed by atoms with Crippen LogP contribution in [-0.2, 0) is 11.0 Å². The highest BCUT2D eigenvalue weighted by Crippen LogP contribution is 2.32. The summed E-state index contributed by atoms with van der Waals surface area (Å²) in [6.45, 7) is 0.322. The molecule has 0 spiro atoms. The highest BCUT2D eigenvalue weighted by molar-refractivity contribution is 6.32. The molecule has 0 aliphatic heterocycles. The predicted molar refractivity (Wildman–Crippen MR) is 98.1 cm³/mol. The zero-order chi connectivity index (χ0) is 19.4. The van der Waals surface area contributed by atoms with Crippen LogP contribution in [0, 0.1) is 0 Å². The first-order valence-corrected chi connectivity index (χ1v) is 8.58. The first kappa shape index (κ1) is 19.1. The maximum Gasteiger partial charge on any atom is 0.431 e. The average Bonchev–Trinajstić information content (AvgIpc) is 3.04. The molecule has 0 fully saturated rings. The zero-order valence-electron chi connectivity index (χ0n) is 14.1. The van der Waals surface area contributed by atoms with E-state index in [4.69, 9.17) is 16.3 Å². The minimum atomic E-state index is -4.44. The number of carbonyl (C=O) groups excluding carboxylic acids is 1. The Hall–Kier alpha value is -2.67. The van der Waals surface area contributed by atoms with E-state index < -0.39 is 11.9 Å². The number of aromatic amines is 1. The summed E-state index contributed by atoms with van der Waals surface area (Å²) < 4.78 is 43.7. The Labute approximate surface area is 158 Å². The number of hydrogen-bond donors (Lipinski definition) is 2. The van der Waals surface area contributed by atoms with Gasteiger partial charge in [-0.1, -0.05) is 23.7 Å². The lowest BCUT2D eigenvalue weighted by atomic mass is 10.2. The topological polar surface area (TPSA) is 54.1 Å². The first-order chi connectivity index (χ1) is 12.8. The molecular formula is C19H16ClF3N2O2. The van der Waals surface area contributed by atoms with Crippen LogP contribution in [0.5, 0.6) is 5.75 Å². The molecule has 4 nitrogen and oxygen atoms in total. The third-order valence-electron chi connectivity index (χ3n) is 3.85. The molecule has 142 valence electrons. The summed E-state index contributed by atoms with van der Waals surface area (Å²) in [5.41, 5.74) is -0.0293. The van der Waals surface area contributed by atoms with E-state index in [0.717, 1.165) is 6.07 Å². The molecule has 1 amide bonds. The van der Waals surface area contributed by atoms with E-state index in [1.165, 1.54) is 12.1 Å². The number of ether oxygens (including phenoxy) is 1. The summed E-state index contributed by atoms with van der Waals surface area (Å²) in [5, 5.41) is 3.55. The Morgan fingerprint density at radius 3 is 2.67 bits per heavy atom. The number of fused-ring (bicyclic) bond motifs is 1. The van der Waals surface area contributed by atoms with Gasteiger partial charge in [0.25, 0.3) is 0 Å². The van der Waals surface area contributed by atoms with Crippen LogP contribution in [0.3, 0.4) is 0 Å². The molecule has 0 saturated heterocycles. The smallest absolute Gasteiger partial charge is 0.431 e. The van der Waals surface area contributed by atoms with Crippen molar-refractivity contribution in [3.05, 3.63) is 59.2 Å². The number of alkyl halides is 3. The van der Waals surface area contributed by atoms with E-state index in [2.05, 4.69) is 10.3 Å². The third-order valence-corrected chi connectivity index (χ3v) is 4.16. The average molecular weight is 397 g/mol. The molecule has 0 radical (unpaired) electrons. The second kappa shape index (κ2) is 7.92. The quantitative estimate of drug-likeness (QED) is 0.530. The van der Waals surface area contributed by atoms with Gasteiger partial charge >= 0.3 is 6.18 Å². The number of halogens is 4. The van der Waals surface area contributed by atoms with Crippen molar-refractivity contribution in [3.8, 4) is 5.75 Å². The molecule has 0 saturated carbocycles. The van der Waals surface area contributed by atoms with Gasteiger partial charge in [0, 0.05) is 23.0 Å². The second-order valence-electron chi connectivity index (χ2n) is 5.91. The van der Waals surface area contributed by atoms with Gasteiger partial charge in [0.1, 0.15) is 11.4 Å². The largest absolute Gasteiger partial charge is 0.492 e. The van der Waals surface area contributed by atoms with Crippen molar-refractivity contribution in [2.75, 3.05) is 11.9 Å². The number of nitrogens with one attached hydrogen (secondary N) is 2. The van der Waals surface area contributed by atoms with Crippen LogP contribution in [0.2, 0.25) is 5.02 Å². The first-order valence-electron chi connectivity index (χ1n) is 8.20. The lowest BCUT2D eigenvalue weighted by Crippen LogP contribution is -2.12. The van der Waals surface area contributed by atoms with Gasteiger partial charge < -0.3 is 15.0 Å². The van der Waals surface area contributed by atoms with Crippen LogP contribution in [0.25, 0.3) is 10.9 Å². The minimum Gasteiger partial charge on any atom is -0.492 e. The molecule has 0 bridgehead atoms. The Morgan fingerprint density at radius 2 is 1.93 bits per heavy atom. The van der Waals surface area contributed by atoms with E-state index in [9.17, 15) is 18.0 Å². The number of H-pyrrole nitrogens is 1. The molecule has 8 heteroatoms. The van der Waals surface area contributed by atoms with Crippen molar-refractivity contribution >= 4 is 34.1 Å². The minimum absolute atomic E-state index is 0.212. The Morgan fingerprint density at radius 1 is 1.15 bits per heavy atom. The SMILES string of the molecule is O=C(CCCOc1ccccc1Cl)Nc1ccc2[nH]c(C(F)(F)F)cc2c1. The number of hydrogen-bond acceptors (Lipinski definition) is 2. The van der Waals surface area contributed by atoms with Crippen LogP contribution in [0.15, 0.2) is 48.5 Å². The van der Waals surface area contributed by atoms with Gasteiger partial charge in [0.15, 0.2) is 0 Å². The summed E-state index contributed by atoms with van der Waals surface area (Å²) in [4.78, 5) is 14.3. The lowest BCUT2D eigenvalue weighted by Gasteiger charge is -2.08. The van der Waals surface area contributed by atoms with E-state index in [1.807, 2.05) is 0 Å². The number of amides is 1. The Kier molecular flexibility index (Phi) is 5.60. The maximum absolute atomic E-state index is 12.7. The van der Waals surface area contributed by atoms with Gasteiger partial charge in [-0.25, -0.2) is 0 Å². The standard InChI is InChI=1S/C19H16ClF3N2O2/c20-14-4-1-2-5-16(14)27-9-3-6-18(26)24-13-7-8-15-12(10-13)11-17(25-15)19(21,22)23/h1-2,4-5,7-8,10-11,25H,3,6,9H2,(H,24,26). The van der Waals surface area contributed by atoms with Gasteiger partial charge in [-0.15, -0.1) is 0 Å². The summed E-state index contributed by atoms with van der Waals surface area (Å²) in [6.07, 6.45) is -3.75. The number of carbonyl (C=O) groups is 1. The van der Waals surface area contributed by atoms with Crippen LogP contribution >= 0.6 is 11.6 Å². The number of rotatable bonds is 6. The highest BCUT2D eigenvalue weighted by atomic mass is 35.5. The number of aromatic nitrogens is 1. The third kappa shape index (κ3) is 4.95. The molecule has 2 aromatic carbocycles. The van der Waals surface area contributed by atoms with Crippen LogP contribution in [0.1, 0.15) is 18.5 Å². The molecule has 0 aliphatic rings. The molecule has 1 aromatic heterocycles. The van der Waals surface area contributed by atoms with Crippen molar-refractivity contribution in [1.29, 1.82) is 0 Å². The lowest BCUT2D eigenvalue weighted by molar-refractivity contribution is -0.140. The molecule has 2 N–H and O–H groups in total. The summed E-state index contributed by atoms with van der Waals surface area (Å²) in [6, 6.07) is 12.6. The summed E-state index contributed by atoms with van der Waals surface area (Å²) in [7, 11) is 0. The van der Waals surface area contributed by atoms with Gasteiger partial charge in [0.05, 0.1) is 11.6 Å². The second-order valence-corrected chi connectivity index (χ2v) is 6.32. The summed E-state index contributed by atoms with van der Waals surface area (Å²) in [5.74, 6) is 0.307. The predicted octanol–water partition coefficient (Wildman–Crippen LogP) is 5.64. The summed E-state index contributed by atoms with van der Waals surface area (Å²) >= 11 is 5.97. The van der Waals surface area contributed by atoms with Crippen molar-refractivity contribution < 1.29 is 22.7 Å². The number of anilines is 1. The fourth-order valence-corrected chi connectivity index (χ4v) is 2.75. The number of benzene rings is 2. The van der Waals surface area contributed by atoms with Crippen LogP contribution in [0.4, 0.5) is 18.9 Å². The molecule has 27 heavy (non-hydrogen) atoms. The van der Waals surface area contributed by atoms with Crippen molar-refractivity contribution in [1.82, 2.24) is 4.98 Å². The van der Waals surface area contributed by atoms with Crippen molar-refractivity contribution in [2.45, 2.75) is 19.0 Å². The zero-order valence-corrected chi connectivity index (χ0v) is 14.8. The molecule has 1 heterocycles. The van der Waals surface area contributed by atoms with E-state index >= 15 is 0 Å².